The van der Waals surface area contributed by atoms with E-state index < -0.39 is 6.09 Å². The zero-order valence-electron chi connectivity index (χ0n) is 11.7. The summed E-state index contributed by atoms with van der Waals surface area (Å²) in [6.07, 6.45) is 1.15. The van der Waals surface area contributed by atoms with E-state index in [0.717, 1.165) is 15.4 Å². The molecule has 1 N–H and O–H groups in total. The number of aliphatic hydroxyl groups excluding tert-OH is 1. The highest BCUT2D eigenvalue weighted by atomic mass is 79.9. The Morgan fingerprint density at radius 3 is 2.68 bits per heavy atom. The molecule has 22 heavy (non-hydrogen) atoms. The molecule has 0 aliphatic heterocycles. The van der Waals surface area contributed by atoms with E-state index in [1.807, 2.05) is 48.5 Å². The van der Waals surface area contributed by atoms with Crippen molar-refractivity contribution in [1.29, 1.82) is 0 Å². The minimum absolute atomic E-state index is 0.128. The molecule has 3 aromatic rings. The Morgan fingerprint density at radius 2 is 1.95 bits per heavy atom. The van der Waals surface area contributed by atoms with E-state index >= 15 is 0 Å². The molecule has 0 saturated heterocycles. The van der Waals surface area contributed by atoms with Gasteiger partial charge >= 0.3 is 6.09 Å². The third-order valence-electron chi connectivity index (χ3n) is 3.42. The lowest BCUT2D eigenvalue weighted by Gasteiger charge is -2.06. The van der Waals surface area contributed by atoms with Crippen molar-refractivity contribution in [3.63, 3.8) is 0 Å². The number of carbonyl (C=O) groups excluding carboxylic acids is 1. The molecule has 0 spiro atoms. The monoisotopic (exact) mass is 359 g/mol. The Bertz CT molecular complexity index is 811. The van der Waals surface area contributed by atoms with Crippen molar-refractivity contribution in [2.75, 3.05) is 0 Å². The largest absolute Gasteiger partial charge is 0.444 e. The van der Waals surface area contributed by atoms with E-state index in [9.17, 15) is 9.90 Å². The molecule has 3 rings (SSSR count). The molecule has 1 aromatic heterocycles. The average molecular weight is 360 g/mol. The van der Waals surface area contributed by atoms with Gasteiger partial charge in [0.2, 0.25) is 0 Å². The van der Waals surface area contributed by atoms with Gasteiger partial charge in [0, 0.05) is 21.6 Å². The second-order valence-electron chi connectivity index (χ2n) is 4.88. The van der Waals surface area contributed by atoms with Crippen LogP contribution in [0.3, 0.4) is 0 Å². The molecule has 4 nitrogen and oxygen atoms in total. The van der Waals surface area contributed by atoms with E-state index in [2.05, 4.69) is 15.9 Å². The number of benzene rings is 2. The SMILES string of the molecule is O=C(OCc1ccccc1)n1cc(CO)c2ccc(Br)cc21. The van der Waals surface area contributed by atoms with Crippen molar-refractivity contribution in [3.05, 3.63) is 70.3 Å². The predicted octanol–water partition coefficient (Wildman–Crippen LogP) is 4.08. The van der Waals surface area contributed by atoms with Gasteiger partial charge in [-0.2, -0.15) is 0 Å². The molecule has 5 heteroatoms. The zero-order chi connectivity index (χ0) is 15.5. The Morgan fingerprint density at radius 1 is 1.18 bits per heavy atom. The number of aliphatic hydroxyl groups is 1. The number of fused-ring (bicyclic) bond motifs is 1. The summed E-state index contributed by atoms with van der Waals surface area (Å²) in [6.45, 7) is 0.0822. The summed E-state index contributed by atoms with van der Waals surface area (Å²) in [5.74, 6) is 0. The molecule has 0 aliphatic rings. The Hall–Kier alpha value is -2.11. The fourth-order valence-corrected chi connectivity index (χ4v) is 2.69. The summed E-state index contributed by atoms with van der Waals surface area (Å²) in [5.41, 5.74) is 2.33. The third kappa shape index (κ3) is 2.91. The van der Waals surface area contributed by atoms with Gasteiger partial charge in [0.25, 0.3) is 0 Å². The first-order valence-electron chi connectivity index (χ1n) is 6.80. The Balaban J connectivity index is 1.89. The maximum Gasteiger partial charge on any atom is 0.418 e. The third-order valence-corrected chi connectivity index (χ3v) is 3.92. The van der Waals surface area contributed by atoms with Crippen LogP contribution in [-0.2, 0) is 18.0 Å². The van der Waals surface area contributed by atoms with Crippen LogP contribution in [0.25, 0.3) is 10.9 Å². The summed E-state index contributed by atoms with van der Waals surface area (Å²) >= 11 is 3.39. The first-order chi connectivity index (χ1) is 10.7. The maximum absolute atomic E-state index is 12.3. The number of rotatable bonds is 3. The lowest BCUT2D eigenvalue weighted by atomic mass is 10.2. The van der Waals surface area contributed by atoms with Gasteiger partial charge in [-0.25, -0.2) is 4.79 Å². The fourth-order valence-electron chi connectivity index (χ4n) is 2.34. The van der Waals surface area contributed by atoms with Crippen LogP contribution in [0.2, 0.25) is 0 Å². The van der Waals surface area contributed by atoms with Crippen LogP contribution in [0, 0.1) is 0 Å². The zero-order valence-corrected chi connectivity index (χ0v) is 13.3. The molecular formula is C17H14BrNO3. The Labute approximate surface area is 136 Å². The first-order valence-corrected chi connectivity index (χ1v) is 7.60. The van der Waals surface area contributed by atoms with Gasteiger partial charge in [0.1, 0.15) is 6.61 Å². The van der Waals surface area contributed by atoms with E-state index in [1.165, 1.54) is 4.57 Å². The summed E-state index contributed by atoms with van der Waals surface area (Å²) in [6, 6.07) is 15.1. The lowest BCUT2D eigenvalue weighted by molar-refractivity contribution is 0.142. The number of carbonyl (C=O) groups is 1. The highest BCUT2D eigenvalue weighted by Crippen LogP contribution is 2.25. The topological polar surface area (TPSA) is 51.5 Å². The molecule has 0 aliphatic carbocycles. The van der Waals surface area contributed by atoms with E-state index in [-0.39, 0.29) is 13.2 Å². The highest BCUT2D eigenvalue weighted by Gasteiger charge is 2.14. The molecule has 0 unspecified atom stereocenters. The van der Waals surface area contributed by atoms with E-state index in [4.69, 9.17) is 4.74 Å². The van der Waals surface area contributed by atoms with Gasteiger partial charge < -0.3 is 9.84 Å². The summed E-state index contributed by atoms with van der Waals surface area (Å²) in [7, 11) is 0. The quantitative estimate of drug-likeness (QED) is 0.766. The summed E-state index contributed by atoms with van der Waals surface area (Å²) in [5, 5.41) is 10.3. The van der Waals surface area contributed by atoms with Gasteiger partial charge in [0.15, 0.2) is 0 Å². The highest BCUT2D eigenvalue weighted by molar-refractivity contribution is 9.10. The normalized spacial score (nSPS) is 10.8. The van der Waals surface area contributed by atoms with E-state index in [1.54, 1.807) is 6.20 Å². The predicted molar refractivity (Wildman–Crippen MR) is 87.6 cm³/mol. The first kappa shape index (κ1) is 14.8. The molecule has 2 aromatic carbocycles. The second-order valence-corrected chi connectivity index (χ2v) is 5.80. The van der Waals surface area contributed by atoms with Crippen LogP contribution >= 0.6 is 15.9 Å². The molecule has 1 heterocycles. The van der Waals surface area contributed by atoms with Gasteiger partial charge in [0.05, 0.1) is 12.1 Å². The molecular weight excluding hydrogens is 346 g/mol. The lowest BCUT2D eigenvalue weighted by Crippen LogP contribution is -2.12. The van der Waals surface area contributed by atoms with Crippen LogP contribution in [0.1, 0.15) is 11.1 Å². The number of halogens is 1. The van der Waals surface area contributed by atoms with Crippen LogP contribution in [0.5, 0.6) is 0 Å². The van der Waals surface area contributed by atoms with Gasteiger partial charge in [-0.1, -0.05) is 52.3 Å². The summed E-state index contributed by atoms with van der Waals surface area (Å²) < 4.78 is 7.63. The van der Waals surface area contributed by atoms with Crippen LogP contribution in [0.15, 0.2) is 59.2 Å². The fraction of sp³-hybridized carbons (Fsp3) is 0.118. The van der Waals surface area contributed by atoms with E-state index in [0.29, 0.717) is 11.1 Å². The van der Waals surface area contributed by atoms with Crippen LogP contribution in [-0.4, -0.2) is 15.8 Å². The number of hydrogen-bond donors (Lipinski definition) is 1. The second kappa shape index (κ2) is 6.34. The smallest absolute Gasteiger partial charge is 0.418 e. The number of nitrogens with zero attached hydrogens (tertiary/aromatic N) is 1. The molecule has 0 bridgehead atoms. The average Bonchev–Trinajstić information content (AvgIpc) is 2.91. The van der Waals surface area contributed by atoms with Gasteiger partial charge in [-0.3, -0.25) is 4.57 Å². The minimum atomic E-state index is -0.466. The van der Waals surface area contributed by atoms with Crippen molar-refractivity contribution in [3.8, 4) is 0 Å². The maximum atomic E-state index is 12.3. The Kier molecular flexibility index (Phi) is 4.27. The number of aromatic nitrogens is 1. The van der Waals surface area contributed by atoms with Crippen LogP contribution < -0.4 is 0 Å². The van der Waals surface area contributed by atoms with Gasteiger partial charge in [-0.05, 0) is 17.7 Å². The molecule has 112 valence electrons. The van der Waals surface area contributed by atoms with Crippen molar-refractivity contribution < 1.29 is 14.6 Å². The van der Waals surface area contributed by atoms with Gasteiger partial charge in [-0.15, -0.1) is 0 Å². The molecule has 0 saturated carbocycles. The van der Waals surface area contributed by atoms with Crippen molar-refractivity contribution in [1.82, 2.24) is 4.57 Å². The van der Waals surface area contributed by atoms with Crippen molar-refractivity contribution >= 4 is 32.9 Å². The minimum Gasteiger partial charge on any atom is -0.444 e. The molecule has 0 atom stereocenters. The van der Waals surface area contributed by atoms with Crippen LogP contribution in [0.4, 0.5) is 4.79 Å². The molecule has 0 radical (unpaired) electrons. The molecule has 0 fully saturated rings. The van der Waals surface area contributed by atoms with Crippen molar-refractivity contribution in [2.24, 2.45) is 0 Å². The standard InChI is InChI=1S/C17H14BrNO3/c18-14-6-7-15-13(10-20)9-19(16(15)8-14)17(21)22-11-12-4-2-1-3-5-12/h1-9,20H,10-11H2. The molecule has 0 amide bonds. The number of ether oxygens (including phenoxy) is 1. The number of hydrogen-bond acceptors (Lipinski definition) is 3. The van der Waals surface area contributed by atoms with Crippen molar-refractivity contribution in [2.45, 2.75) is 13.2 Å². The summed E-state index contributed by atoms with van der Waals surface area (Å²) in [4.78, 5) is 12.3.